The zero-order valence-corrected chi connectivity index (χ0v) is 12.1. The van der Waals surface area contributed by atoms with Crippen LogP contribution >= 0.6 is 0 Å². The molecule has 4 heteroatoms. The monoisotopic (exact) mass is 277 g/mol. The van der Waals surface area contributed by atoms with Gasteiger partial charge in [0.2, 0.25) is 6.79 Å². The summed E-state index contributed by atoms with van der Waals surface area (Å²) in [4.78, 5) is 2.45. The maximum atomic E-state index is 9.59. The lowest BCUT2D eigenvalue weighted by atomic mass is 9.77. The molecule has 1 aromatic rings. The molecule has 2 aliphatic heterocycles. The smallest absolute Gasteiger partial charge is 0.231 e. The Morgan fingerprint density at radius 2 is 2.05 bits per heavy atom. The summed E-state index contributed by atoms with van der Waals surface area (Å²) in [6.45, 7) is 5.81. The van der Waals surface area contributed by atoms with Crippen molar-refractivity contribution in [2.75, 3.05) is 26.5 Å². The first-order chi connectivity index (χ1) is 9.76. The summed E-state index contributed by atoms with van der Waals surface area (Å²) < 4.78 is 11.0. The maximum Gasteiger partial charge on any atom is 0.231 e. The molecule has 0 unspecified atom stereocenters. The predicted octanol–water partition coefficient (Wildman–Crippen LogP) is 2.40. The van der Waals surface area contributed by atoms with E-state index in [1.54, 1.807) is 0 Å². The summed E-state index contributed by atoms with van der Waals surface area (Å²) in [5.74, 6) is 1.76. The van der Waals surface area contributed by atoms with Crippen LogP contribution in [0, 0.1) is 5.41 Å². The van der Waals surface area contributed by atoms with E-state index in [9.17, 15) is 5.11 Å². The summed E-state index contributed by atoms with van der Waals surface area (Å²) in [7, 11) is 0. The molecule has 2 aliphatic rings. The molecule has 1 N–H and O–H groups in total. The van der Waals surface area contributed by atoms with Crippen molar-refractivity contribution >= 4 is 0 Å². The van der Waals surface area contributed by atoms with Crippen LogP contribution in [0.1, 0.15) is 31.7 Å². The number of nitrogens with zero attached hydrogens (tertiary/aromatic N) is 1. The molecule has 0 saturated carbocycles. The van der Waals surface area contributed by atoms with Gasteiger partial charge in [0.1, 0.15) is 0 Å². The van der Waals surface area contributed by atoms with Crippen LogP contribution in [0.5, 0.6) is 11.5 Å². The Morgan fingerprint density at radius 3 is 2.75 bits per heavy atom. The van der Waals surface area contributed by atoms with E-state index in [-0.39, 0.29) is 5.41 Å². The minimum absolute atomic E-state index is 0.148. The quantitative estimate of drug-likeness (QED) is 0.917. The summed E-state index contributed by atoms with van der Waals surface area (Å²) in [5, 5.41) is 9.59. The van der Waals surface area contributed by atoms with Crippen molar-refractivity contribution < 1.29 is 14.6 Å². The van der Waals surface area contributed by atoms with E-state index in [1.165, 1.54) is 5.56 Å². The number of para-hydroxylation sites is 1. The Balaban J connectivity index is 1.65. The number of aliphatic hydroxyl groups is 1. The van der Waals surface area contributed by atoms with Crippen LogP contribution in [-0.4, -0.2) is 36.5 Å². The van der Waals surface area contributed by atoms with Crippen LogP contribution in [0.15, 0.2) is 18.2 Å². The number of hydrogen-bond acceptors (Lipinski definition) is 4. The third-order valence-corrected chi connectivity index (χ3v) is 4.87. The van der Waals surface area contributed by atoms with Gasteiger partial charge in [-0.1, -0.05) is 19.1 Å². The lowest BCUT2D eigenvalue weighted by Gasteiger charge is -2.40. The highest BCUT2D eigenvalue weighted by Gasteiger charge is 2.32. The molecule has 1 fully saturated rings. The topological polar surface area (TPSA) is 41.9 Å². The van der Waals surface area contributed by atoms with E-state index in [0.717, 1.165) is 50.4 Å². The van der Waals surface area contributed by atoms with Gasteiger partial charge in [0, 0.05) is 18.7 Å². The molecule has 3 rings (SSSR count). The van der Waals surface area contributed by atoms with Gasteiger partial charge < -0.3 is 14.6 Å². The van der Waals surface area contributed by atoms with Crippen LogP contribution in [0.2, 0.25) is 0 Å². The van der Waals surface area contributed by atoms with E-state index in [2.05, 4.69) is 17.9 Å². The van der Waals surface area contributed by atoms with Crippen molar-refractivity contribution in [2.24, 2.45) is 5.41 Å². The Hall–Kier alpha value is -1.26. The highest BCUT2D eigenvalue weighted by molar-refractivity contribution is 5.48. The second-order valence-electron chi connectivity index (χ2n) is 5.94. The van der Waals surface area contributed by atoms with Gasteiger partial charge >= 0.3 is 0 Å². The average Bonchev–Trinajstić information content (AvgIpc) is 2.98. The van der Waals surface area contributed by atoms with Gasteiger partial charge in [0.25, 0.3) is 0 Å². The van der Waals surface area contributed by atoms with Gasteiger partial charge in [0.05, 0.1) is 0 Å². The molecule has 0 bridgehead atoms. The van der Waals surface area contributed by atoms with E-state index in [0.29, 0.717) is 13.4 Å². The molecule has 110 valence electrons. The number of ether oxygens (including phenoxy) is 2. The number of fused-ring (bicyclic) bond motifs is 1. The van der Waals surface area contributed by atoms with Gasteiger partial charge in [-0.25, -0.2) is 0 Å². The minimum Gasteiger partial charge on any atom is -0.454 e. The molecule has 1 saturated heterocycles. The number of benzene rings is 1. The number of aliphatic hydroxyl groups excluding tert-OH is 1. The summed E-state index contributed by atoms with van der Waals surface area (Å²) in [6.07, 6.45) is 3.22. The molecule has 0 spiro atoms. The van der Waals surface area contributed by atoms with Crippen molar-refractivity contribution in [2.45, 2.75) is 32.7 Å². The predicted molar refractivity (Wildman–Crippen MR) is 76.9 cm³/mol. The highest BCUT2D eigenvalue weighted by atomic mass is 16.7. The van der Waals surface area contributed by atoms with Crippen molar-refractivity contribution in [3.05, 3.63) is 23.8 Å². The molecule has 4 nitrogen and oxygen atoms in total. The molecule has 1 aromatic carbocycles. The lowest BCUT2D eigenvalue weighted by Crippen LogP contribution is -2.41. The fraction of sp³-hybridized carbons (Fsp3) is 0.625. The molecule has 0 atom stereocenters. The van der Waals surface area contributed by atoms with Crippen molar-refractivity contribution in [1.82, 2.24) is 4.90 Å². The first-order valence-corrected chi connectivity index (χ1v) is 7.47. The minimum atomic E-state index is 0.148. The summed E-state index contributed by atoms with van der Waals surface area (Å²) >= 11 is 0. The van der Waals surface area contributed by atoms with Crippen LogP contribution in [-0.2, 0) is 6.54 Å². The van der Waals surface area contributed by atoms with E-state index in [1.807, 2.05) is 12.1 Å². The Bertz CT molecular complexity index is 461. The zero-order valence-electron chi connectivity index (χ0n) is 12.1. The number of likely N-dealkylation sites (tertiary alicyclic amines) is 1. The first-order valence-electron chi connectivity index (χ1n) is 7.47. The third kappa shape index (κ3) is 2.50. The molecule has 20 heavy (non-hydrogen) atoms. The van der Waals surface area contributed by atoms with Crippen LogP contribution in [0.25, 0.3) is 0 Å². The van der Waals surface area contributed by atoms with E-state index < -0.39 is 0 Å². The van der Waals surface area contributed by atoms with Crippen molar-refractivity contribution in [3.8, 4) is 11.5 Å². The van der Waals surface area contributed by atoms with Crippen LogP contribution < -0.4 is 9.47 Å². The summed E-state index contributed by atoms with van der Waals surface area (Å²) in [6, 6.07) is 6.09. The van der Waals surface area contributed by atoms with Gasteiger partial charge in [-0.05, 0) is 43.8 Å². The molecular formula is C16H23NO3. The second kappa shape index (κ2) is 5.62. The normalized spacial score (nSPS) is 21.1. The number of hydrogen-bond donors (Lipinski definition) is 1. The molecular weight excluding hydrogens is 254 g/mol. The van der Waals surface area contributed by atoms with Crippen LogP contribution in [0.4, 0.5) is 0 Å². The van der Waals surface area contributed by atoms with Gasteiger partial charge in [-0.2, -0.15) is 0 Å². The van der Waals surface area contributed by atoms with Crippen molar-refractivity contribution in [3.63, 3.8) is 0 Å². The maximum absolute atomic E-state index is 9.59. The molecule has 2 heterocycles. The second-order valence-corrected chi connectivity index (χ2v) is 5.94. The SMILES string of the molecule is CCC1(CO)CCN(Cc2cccc3c2OCO3)CC1. The largest absolute Gasteiger partial charge is 0.454 e. The fourth-order valence-corrected chi connectivity index (χ4v) is 3.17. The lowest BCUT2D eigenvalue weighted by molar-refractivity contribution is 0.0379. The van der Waals surface area contributed by atoms with Gasteiger partial charge in [-0.3, -0.25) is 4.90 Å². The Kier molecular flexibility index (Phi) is 3.85. The Morgan fingerprint density at radius 1 is 1.25 bits per heavy atom. The van der Waals surface area contributed by atoms with Crippen molar-refractivity contribution in [1.29, 1.82) is 0 Å². The number of piperidine rings is 1. The zero-order chi connectivity index (χ0) is 14.0. The molecule has 0 aromatic heterocycles. The van der Waals surface area contributed by atoms with E-state index in [4.69, 9.17) is 9.47 Å². The molecule has 0 aliphatic carbocycles. The summed E-state index contributed by atoms with van der Waals surface area (Å²) in [5.41, 5.74) is 1.35. The first kappa shape index (κ1) is 13.7. The van der Waals surface area contributed by atoms with E-state index >= 15 is 0 Å². The Labute approximate surface area is 120 Å². The molecule has 0 amide bonds. The third-order valence-electron chi connectivity index (χ3n) is 4.87. The van der Waals surface area contributed by atoms with Gasteiger partial charge in [-0.15, -0.1) is 0 Å². The number of rotatable bonds is 4. The fourth-order valence-electron chi connectivity index (χ4n) is 3.17. The average molecular weight is 277 g/mol. The van der Waals surface area contributed by atoms with Gasteiger partial charge in [0.15, 0.2) is 11.5 Å². The highest BCUT2D eigenvalue weighted by Crippen LogP contribution is 2.38. The molecule has 0 radical (unpaired) electrons. The standard InChI is InChI=1S/C16H23NO3/c1-2-16(11-18)6-8-17(9-7-16)10-13-4-3-5-14-15(13)20-12-19-14/h3-5,18H,2,6-12H2,1H3. The van der Waals surface area contributed by atoms with Crippen LogP contribution in [0.3, 0.4) is 0 Å².